The number of rotatable bonds is 7. The van der Waals surface area contributed by atoms with Crippen molar-refractivity contribution in [3.05, 3.63) is 51.7 Å². The van der Waals surface area contributed by atoms with Crippen molar-refractivity contribution in [2.24, 2.45) is 0 Å². The predicted molar refractivity (Wildman–Crippen MR) is 99.4 cm³/mol. The van der Waals surface area contributed by atoms with Gasteiger partial charge in [0, 0.05) is 24.7 Å². The number of nitrogens with zero attached hydrogens (tertiary/aromatic N) is 1. The van der Waals surface area contributed by atoms with Crippen molar-refractivity contribution in [1.29, 1.82) is 0 Å². The normalized spacial score (nSPS) is 16.4. The summed E-state index contributed by atoms with van der Waals surface area (Å²) in [6, 6.07) is 9.24. The fourth-order valence-electron chi connectivity index (χ4n) is 2.75. The molecular weight excluding hydrogens is 360 g/mol. The van der Waals surface area contributed by atoms with Crippen molar-refractivity contribution >= 4 is 28.8 Å². The van der Waals surface area contributed by atoms with Crippen LogP contribution in [0.25, 0.3) is 0 Å². The summed E-state index contributed by atoms with van der Waals surface area (Å²) in [5.74, 6) is 0.491. The molecule has 1 atom stereocenters. The number of carbonyl (C=O) groups excluding carboxylic acids is 1. The Bertz CT molecular complexity index is 657. The van der Waals surface area contributed by atoms with Gasteiger partial charge in [0.2, 0.25) is 0 Å². The van der Waals surface area contributed by atoms with Crippen LogP contribution in [0.2, 0.25) is 5.02 Å². The zero-order valence-corrected chi connectivity index (χ0v) is 15.4. The average molecular weight is 381 g/mol. The van der Waals surface area contributed by atoms with Crippen LogP contribution in [0.15, 0.2) is 41.1 Å². The molecule has 2 heterocycles. The first kappa shape index (κ1) is 18.2. The Morgan fingerprint density at radius 2 is 2.04 bits per heavy atom. The lowest BCUT2D eigenvalue weighted by Gasteiger charge is -2.34. The van der Waals surface area contributed by atoms with E-state index in [1.54, 1.807) is 35.6 Å². The van der Waals surface area contributed by atoms with Gasteiger partial charge in [0.05, 0.1) is 19.3 Å². The maximum absolute atomic E-state index is 12.1. The van der Waals surface area contributed by atoms with Gasteiger partial charge in [0.25, 0.3) is 5.91 Å². The molecular formula is C18H21ClN2O3S. The van der Waals surface area contributed by atoms with Gasteiger partial charge in [-0.1, -0.05) is 11.6 Å². The number of ether oxygens (including phenoxy) is 2. The van der Waals surface area contributed by atoms with Crippen LogP contribution in [-0.4, -0.2) is 50.3 Å². The third kappa shape index (κ3) is 5.44. The number of morpholine rings is 1. The third-order valence-corrected chi connectivity index (χ3v) is 5.04. The van der Waals surface area contributed by atoms with Crippen molar-refractivity contribution < 1.29 is 14.3 Å². The topological polar surface area (TPSA) is 50.8 Å². The number of carbonyl (C=O) groups is 1. The lowest BCUT2D eigenvalue weighted by atomic mass is 10.1. The Balaban J connectivity index is 1.51. The summed E-state index contributed by atoms with van der Waals surface area (Å²) in [4.78, 5) is 14.5. The smallest absolute Gasteiger partial charge is 0.258 e. The molecule has 1 saturated heterocycles. The van der Waals surface area contributed by atoms with Crippen LogP contribution in [0, 0.1) is 0 Å². The van der Waals surface area contributed by atoms with E-state index in [-0.39, 0.29) is 18.6 Å². The second kappa shape index (κ2) is 9.20. The summed E-state index contributed by atoms with van der Waals surface area (Å²) in [6.45, 7) is 3.75. The molecule has 0 saturated carbocycles. The third-order valence-electron chi connectivity index (χ3n) is 4.09. The minimum absolute atomic E-state index is 0.0128. The summed E-state index contributed by atoms with van der Waals surface area (Å²) in [7, 11) is 0. The van der Waals surface area contributed by atoms with Gasteiger partial charge in [-0.3, -0.25) is 9.69 Å². The van der Waals surface area contributed by atoms with Crippen molar-refractivity contribution in [3.63, 3.8) is 0 Å². The van der Waals surface area contributed by atoms with Crippen LogP contribution in [-0.2, 0) is 9.53 Å². The molecule has 7 heteroatoms. The van der Waals surface area contributed by atoms with Crippen molar-refractivity contribution in [2.45, 2.75) is 6.04 Å². The van der Waals surface area contributed by atoms with Crippen molar-refractivity contribution in [1.82, 2.24) is 10.2 Å². The van der Waals surface area contributed by atoms with E-state index in [0.717, 1.165) is 26.3 Å². The van der Waals surface area contributed by atoms with Crippen LogP contribution >= 0.6 is 22.9 Å². The second-order valence-electron chi connectivity index (χ2n) is 5.77. The van der Waals surface area contributed by atoms with E-state index in [1.807, 2.05) is 0 Å². The number of halogens is 1. The van der Waals surface area contributed by atoms with E-state index >= 15 is 0 Å². The molecule has 0 radical (unpaired) electrons. The number of benzene rings is 1. The van der Waals surface area contributed by atoms with E-state index in [9.17, 15) is 4.79 Å². The van der Waals surface area contributed by atoms with Crippen molar-refractivity contribution in [3.8, 4) is 5.75 Å². The highest BCUT2D eigenvalue weighted by molar-refractivity contribution is 7.07. The summed E-state index contributed by atoms with van der Waals surface area (Å²) in [5.41, 5.74) is 1.23. The molecule has 0 spiro atoms. The standard InChI is InChI=1S/C18H21ClN2O3S/c19-15-1-3-16(4-2-15)24-12-18(22)20-11-17(14-5-10-25-13-14)21-6-8-23-9-7-21/h1-5,10,13,17H,6-9,11-12H2,(H,20,22)/t17-/m0/s1. The Kier molecular flexibility index (Phi) is 6.69. The Hall–Kier alpha value is -1.60. The highest BCUT2D eigenvalue weighted by atomic mass is 35.5. The number of hydrogen-bond acceptors (Lipinski definition) is 5. The minimum atomic E-state index is -0.136. The molecule has 1 aromatic carbocycles. The largest absolute Gasteiger partial charge is 0.484 e. The molecule has 1 fully saturated rings. The first-order valence-electron chi connectivity index (χ1n) is 8.21. The highest BCUT2D eigenvalue weighted by Crippen LogP contribution is 2.23. The number of amides is 1. The first-order valence-corrected chi connectivity index (χ1v) is 9.53. The molecule has 0 aliphatic carbocycles. The molecule has 0 bridgehead atoms. The first-order chi connectivity index (χ1) is 12.2. The maximum atomic E-state index is 12.1. The van der Waals surface area contributed by atoms with Gasteiger partial charge in [0.15, 0.2) is 6.61 Å². The Morgan fingerprint density at radius 1 is 1.28 bits per heavy atom. The number of nitrogens with one attached hydrogen (secondary N) is 1. The van der Waals surface area contributed by atoms with E-state index in [0.29, 0.717) is 17.3 Å². The lowest BCUT2D eigenvalue weighted by Crippen LogP contribution is -2.44. The minimum Gasteiger partial charge on any atom is -0.484 e. The number of thiophene rings is 1. The van der Waals surface area contributed by atoms with E-state index in [2.05, 4.69) is 27.0 Å². The summed E-state index contributed by atoms with van der Waals surface area (Å²) < 4.78 is 10.9. The van der Waals surface area contributed by atoms with Gasteiger partial charge in [0.1, 0.15) is 5.75 Å². The molecule has 25 heavy (non-hydrogen) atoms. The molecule has 1 aromatic heterocycles. The quantitative estimate of drug-likeness (QED) is 0.802. The molecule has 1 aliphatic heterocycles. The summed E-state index contributed by atoms with van der Waals surface area (Å²) >= 11 is 7.50. The molecule has 1 aliphatic rings. The predicted octanol–water partition coefficient (Wildman–Crippen LogP) is 2.97. The van der Waals surface area contributed by atoms with Crippen LogP contribution < -0.4 is 10.1 Å². The van der Waals surface area contributed by atoms with Gasteiger partial charge >= 0.3 is 0 Å². The highest BCUT2D eigenvalue weighted by Gasteiger charge is 2.23. The Morgan fingerprint density at radius 3 is 2.72 bits per heavy atom. The van der Waals surface area contributed by atoms with Gasteiger partial charge < -0.3 is 14.8 Å². The maximum Gasteiger partial charge on any atom is 0.258 e. The lowest BCUT2D eigenvalue weighted by molar-refractivity contribution is -0.123. The van der Waals surface area contributed by atoms with Crippen molar-refractivity contribution in [2.75, 3.05) is 39.5 Å². The second-order valence-corrected chi connectivity index (χ2v) is 6.98. The van der Waals surface area contributed by atoms with Crippen LogP contribution in [0.3, 0.4) is 0 Å². The molecule has 134 valence electrons. The van der Waals surface area contributed by atoms with E-state index in [4.69, 9.17) is 21.1 Å². The zero-order valence-electron chi connectivity index (χ0n) is 13.8. The van der Waals surface area contributed by atoms with E-state index < -0.39 is 0 Å². The Labute approximate surface area is 156 Å². The zero-order chi connectivity index (χ0) is 17.5. The number of hydrogen-bond donors (Lipinski definition) is 1. The molecule has 1 amide bonds. The van der Waals surface area contributed by atoms with Gasteiger partial charge in [-0.05, 0) is 46.7 Å². The SMILES string of the molecule is O=C(COc1ccc(Cl)cc1)NC[C@@H](c1ccsc1)N1CCOCC1. The molecule has 1 N–H and O–H groups in total. The fourth-order valence-corrected chi connectivity index (χ4v) is 3.59. The molecule has 3 rings (SSSR count). The molecule has 2 aromatic rings. The van der Waals surface area contributed by atoms with Gasteiger partial charge in [-0.25, -0.2) is 0 Å². The van der Waals surface area contributed by atoms with Crippen LogP contribution in [0.5, 0.6) is 5.75 Å². The van der Waals surface area contributed by atoms with Gasteiger partial charge in [-0.15, -0.1) is 0 Å². The average Bonchev–Trinajstić information content (AvgIpc) is 3.17. The van der Waals surface area contributed by atoms with E-state index in [1.165, 1.54) is 5.56 Å². The fraction of sp³-hybridized carbons (Fsp3) is 0.389. The molecule has 0 unspecified atom stereocenters. The summed E-state index contributed by atoms with van der Waals surface area (Å²) in [5, 5.41) is 7.82. The van der Waals surface area contributed by atoms with Crippen LogP contribution in [0.4, 0.5) is 0 Å². The van der Waals surface area contributed by atoms with Gasteiger partial charge in [-0.2, -0.15) is 11.3 Å². The van der Waals surface area contributed by atoms with Crippen LogP contribution in [0.1, 0.15) is 11.6 Å². The molecule has 5 nitrogen and oxygen atoms in total. The monoisotopic (exact) mass is 380 g/mol. The summed E-state index contributed by atoms with van der Waals surface area (Å²) in [6.07, 6.45) is 0.